The SMILES string of the molecule is CC(=O)C[C@@H](C=O)NC(=O)[C@@H]1CCCN2C(=O)CCN(NC(=O)/C=C/c3ccc4c(c3)OCO4)C(=O)N12. The Labute approximate surface area is 212 Å². The van der Waals surface area contributed by atoms with E-state index in [-0.39, 0.29) is 50.8 Å². The van der Waals surface area contributed by atoms with Crippen LogP contribution in [0.2, 0.25) is 0 Å². The van der Waals surface area contributed by atoms with E-state index in [0.717, 1.165) is 10.0 Å². The number of ether oxygens (including phenoxy) is 2. The van der Waals surface area contributed by atoms with E-state index in [2.05, 4.69) is 10.7 Å². The minimum Gasteiger partial charge on any atom is -0.454 e. The van der Waals surface area contributed by atoms with Gasteiger partial charge in [-0.05, 0) is 43.5 Å². The fraction of sp³-hybridized carbons (Fsp3) is 0.417. The maximum absolute atomic E-state index is 13.4. The molecule has 2 N–H and O–H groups in total. The van der Waals surface area contributed by atoms with E-state index < -0.39 is 29.9 Å². The number of fused-ring (bicyclic) bond motifs is 2. The number of ketones is 1. The first kappa shape index (κ1) is 25.7. The molecule has 4 rings (SSSR count). The van der Waals surface area contributed by atoms with Gasteiger partial charge in [-0.15, -0.1) is 0 Å². The zero-order valence-corrected chi connectivity index (χ0v) is 20.2. The van der Waals surface area contributed by atoms with Gasteiger partial charge in [-0.3, -0.25) is 24.6 Å². The molecule has 0 aromatic heterocycles. The van der Waals surface area contributed by atoms with E-state index in [0.29, 0.717) is 29.8 Å². The number of hydrogen-bond donors (Lipinski definition) is 2. The molecule has 0 unspecified atom stereocenters. The number of aldehydes is 1. The molecular weight excluding hydrogens is 486 g/mol. The molecule has 2 saturated heterocycles. The third-order valence-corrected chi connectivity index (χ3v) is 6.04. The van der Waals surface area contributed by atoms with Crippen LogP contribution in [0, 0.1) is 0 Å². The molecule has 0 radical (unpaired) electrons. The summed E-state index contributed by atoms with van der Waals surface area (Å²) in [6.45, 7) is 1.55. The Morgan fingerprint density at radius 1 is 1.16 bits per heavy atom. The number of benzene rings is 1. The van der Waals surface area contributed by atoms with E-state index in [1.807, 2.05) is 0 Å². The second kappa shape index (κ2) is 11.1. The summed E-state index contributed by atoms with van der Waals surface area (Å²) in [6.07, 6.45) is 3.65. The lowest BCUT2D eigenvalue weighted by Gasteiger charge is -2.42. The zero-order valence-electron chi connectivity index (χ0n) is 20.2. The third-order valence-electron chi connectivity index (χ3n) is 6.04. The predicted molar refractivity (Wildman–Crippen MR) is 126 cm³/mol. The summed E-state index contributed by atoms with van der Waals surface area (Å²) in [4.78, 5) is 74.4. The van der Waals surface area contributed by atoms with Crippen LogP contribution in [0.15, 0.2) is 24.3 Å². The van der Waals surface area contributed by atoms with Gasteiger partial charge in [0.1, 0.15) is 18.1 Å². The van der Waals surface area contributed by atoms with Crippen molar-refractivity contribution in [3.05, 3.63) is 29.8 Å². The average molecular weight is 514 g/mol. The summed E-state index contributed by atoms with van der Waals surface area (Å²) >= 11 is 0. The first-order valence-electron chi connectivity index (χ1n) is 11.8. The molecule has 3 aliphatic heterocycles. The van der Waals surface area contributed by atoms with Crippen molar-refractivity contribution in [2.75, 3.05) is 19.9 Å². The van der Waals surface area contributed by atoms with Gasteiger partial charge in [-0.1, -0.05) is 6.07 Å². The van der Waals surface area contributed by atoms with Gasteiger partial charge >= 0.3 is 6.03 Å². The smallest absolute Gasteiger partial charge is 0.358 e. The fourth-order valence-corrected chi connectivity index (χ4v) is 4.30. The maximum Gasteiger partial charge on any atom is 0.358 e. The number of hydrazine groups is 2. The lowest BCUT2D eigenvalue weighted by molar-refractivity contribution is -0.155. The Balaban J connectivity index is 1.46. The highest BCUT2D eigenvalue weighted by Gasteiger charge is 2.44. The van der Waals surface area contributed by atoms with Gasteiger partial charge < -0.3 is 19.6 Å². The van der Waals surface area contributed by atoms with Crippen LogP contribution in [-0.2, 0) is 24.0 Å². The van der Waals surface area contributed by atoms with Crippen LogP contribution in [0.3, 0.4) is 0 Å². The second-order valence-electron chi connectivity index (χ2n) is 8.78. The highest BCUT2D eigenvalue weighted by molar-refractivity contribution is 5.95. The quantitative estimate of drug-likeness (QED) is 0.368. The predicted octanol–water partition coefficient (Wildman–Crippen LogP) is 0.156. The third kappa shape index (κ3) is 5.88. The van der Waals surface area contributed by atoms with Crippen LogP contribution < -0.4 is 20.2 Å². The average Bonchev–Trinajstić information content (AvgIpc) is 3.31. The van der Waals surface area contributed by atoms with Crippen molar-refractivity contribution >= 4 is 41.9 Å². The molecule has 0 bridgehead atoms. The van der Waals surface area contributed by atoms with Crippen LogP contribution in [-0.4, -0.2) is 82.8 Å². The maximum atomic E-state index is 13.4. The van der Waals surface area contributed by atoms with Gasteiger partial charge in [0.05, 0.1) is 12.6 Å². The normalized spacial score (nSPS) is 19.8. The summed E-state index contributed by atoms with van der Waals surface area (Å²) < 4.78 is 10.6. The van der Waals surface area contributed by atoms with Gasteiger partial charge in [0, 0.05) is 25.5 Å². The van der Waals surface area contributed by atoms with Crippen LogP contribution in [0.25, 0.3) is 6.08 Å². The van der Waals surface area contributed by atoms with Crippen LogP contribution >= 0.6 is 0 Å². The van der Waals surface area contributed by atoms with Crippen molar-refractivity contribution in [2.45, 2.75) is 44.7 Å². The first-order chi connectivity index (χ1) is 17.8. The van der Waals surface area contributed by atoms with Crippen molar-refractivity contribution in [1.82, 2.24) is 25.8 Å². The molecule has 13 heteroatoms. The molecule has 196 valence electrons. The summed E-state index contributed by atoms with van der Waals surface area (Å²) in [5, 5.41) is 5.68. The summed E-state index contributed by atoms with van der Waals surface area (Å²) in [7, 11) is 0. The molecule has 13 nitrogen and oxygen atoms in total. The Hall–Kier alpha value is -4.42. The summed E-state index contributed by atoms with van der Waals surface area (Å²) in [5.74, 6) is -0.793. The molecule has 0 spiro atoms. The fourth-order valence-electron chi connectivity index (χ4n) is 4.30. The molecular formula is C24H27N5O8. The monoisotopic (exact) mass is 513 g/mol. The number of Topliss-reactive ketones (excluding diaryl/α,β-unsaturated/α-hetero) is 1. The van der Waals surface area contributed by atoms with E-state index in [4.69, 9.17) is 9.47 Å². The Kier molecular flexibility index (Phi) is 7.70. The molecule has 0 aliphatic carbocycles. The number of amides is 5. The first-order valence-corrected chi connectivity index (χ1v) is 11.8. The molecule has 2 atom stereocenters. The van der Waals surface area contributed by atoms with Gasteiger partial charge in [0.2, 0.25) is 18.6 Å². The molecule has 3 heterocycles. The topological polar surface area (TPSA) is 155 Å². The van der Waals surface area contributed by atoms with Gasteiger partial charge in [0.15, 0.2) is 11.5 Å². The Morgan fingerprint density at radius 2 is 1.95 bits per heavy atom. The Morgan fingerprint density at radius 3 is 2.70 bits per heavy atom. The minimum absolute atomic E-state index is 0.0654. The second-order valence-corrected chi connectivity index (χ2v) is 8.78. The van der Waals surface area contributed by atoms with E-state index in [1.165, 1.54) is 24.1 Å². The molecule has 2 fully saturated rings. The lowest BCUT2D eigenvalue weighted by atomic mass is 10.1. The highest BCUT2D eigenvalue weighted by Crippen LogP contribution is 2.32. The van der Waals surface area contributed by atoms with Crippen molar-refractivity contribution in [3.8, 4) is 11.5 Å². The standard InChI is InChI=1S/C24H27N5O8/c1-15(31)11-17(13-30)25-23(34)18-3-2-9-28-22(33)8-10-27(24(35)29(18)28)26-21(32)7-5-16-4-6-19-20(12-16)37-14-36-19/h4-7,12-13,17-18H,2-3,8-11,14H2,1H3,(H,25,34)(H,26,32)/b7-5+/t17-,18-/m0/s1. The van der Waals surface area contributed by atoms with Gasteiger partial charge in [-0.25, -0.2) is 19.8 Å². The molecule has 1 aromatic carbocycles. The molecule has 0 saturated carbocycles. The zero-order chi connectivity index (χ0) is 26.5. The Bertz CT molecular complexity index is 1150. The van der Waals surface area contributed by atoms with Crippen LogP contribution in [0.1, 0.15) is 38.2 Å². The summed E-state index contributed by atoms with van der Waals surface area (Å²) in [5.41, 5.74) is 3.14. The minimum atomic E-state index is -1.10. The van der Waals surface area contributed by atoms with Crippen molar-refractivity contribution in [2.24, 2.45) is 0 Å². The van der Waals surface area contributed by atoms with Crippen LogP contribution in [0.4, 0.5) is 4.79 Å². The van der Waals surface area contributed by atoms with Crippen LogP contribution in [0.5, 0.6) is 11.5 Å². The number of urea groups is 1. The largest absolute Gasteiger partial charge is 0.454 e. The van der Waals surface area contributed by atoms with E-state index in [1.54, 1.807) is 18.2 Å². The number of carbonyl (C=O) groups excluding carboxylic acids is 6. The highest BCUT2D eigenvalue weighted by atomic mass is 16.7. The molecule has 3 aliphatic rings. The number of nitrogens with one attached hydrogen (secondary N) is 2. The van der Waals surface area contributed by atoms with Gasteiger partial charge in [-0.2, -0.15) is 0 Å². The van der Waals surface area contributed by atoms with Gasteiger partial charge in [0.25, 0.3) is 5.91 Å². The van der Waals surface area contributed by atoms with Crippen molar-refractivity contribution in [3.63, 3.8) is 0 Å². The number of nitrogens with zero attached hydrogens (tertiary/aromatic N) is 3. The summed E-state index contributed by atoms with van der Waals surface area (Å²) in [6, 6.07) is 2.25. The van der Waals surface area contributed by atoms with Crippen molar-refractivity contribution < 1.29 is 38.2 Å². The van der Waals surface area contributed by atoms with E-state index >= 15 is 0 Å². The molecule has 1 aromatic rings. The van der Waals surface area contributed by atoms with E-state index in [9.17, 15) is 28.8 Å². The van der Waals surface area contributed by atoms with Crippen molar-refractivity contribution in [1.29, 1.82) is 0 Å². The lowest BCUT2D eigenvalue weighted by Crippen LogP contribution is -2.64. The number of rotatable bonds is 8. The molecule has 37 heavy (non-hydrogen) atoms. The number of hydrogen-bond acceptors (Lipinski definition) is 8. The molecule has 5 amide bonds. The number of carbonyl (C=O) groups is 6.